The summed E-state index contributed by atoms with van der Waals surface area (Å²) < 4.78 is 10.7. The monoisotopic (exact) mass is 362 g/mol. The minimum absolute atomic E-state index is 0.122. The van der Waals surface area contributed by atoms with Crippen molar-refractivity contribution in [1.29, 1.82) is 0 Å². The number of carboxylic acids is 1. The number of aliphatic carboxylic acids is 1. The van der Waals surface area contributed by atoms with E-state index in [4.69, 9.17) is 14.6 Å². The van der Waals surface area contributed by atoms with Gasteiger partial charge in [-0.1, -0.05) is 12.1 Å². The number of para-hydroxylation sites is 2. The Bertz CT molecular complexity index is 707. The molecule has 2 heterocycles. The van der Waals surface area contributed by atoms with Crippen LogP contribution >= 0.6 is 0 Å². The molecule has 8 nitrogen and oxygen atoms in total. The summed E-state index contributed by atoms with van der Waals surface area (Å²) in [7, 11) is 1.54. The Morgan fingerprint density at radius 3 is 2.81 bits per heavy atom. The summed E-state index contributed by atoms with van der Waals surface area (Å²) in [6, 6.07) is 7.21. The first-order valence-electron chi connectivity index (χ1n) is 8.55. The lowest BCUT2D eigenvalue weighted by Crippen LogP contribution is -2.48. The molecule has 140 valence electrons. The number of anilines is 1. The van der Waals surface area contributed by atoms with Gasteiger partial charge in [0.05, 0.1) is 37.8 Å². The molecule has 1 aromatic carbocycles. The van der Waals surface area contributed by atoms with E-state index in [1.165, 1.54) is 0 Å². The maximum absolute atomic E-state index is 12.8. The Morgan fingerprint density at radius 2 is 2.08 bits per heavy atom. The number of nitrogens with zero attached hydrogens (tertiary/aromatic N) is 2. The van der Waals surface area contributed by atoms with Crippen molar-refractivity contribution in [2.45, 2.75) is 18.9 Å². The summed E-state index contributed by atoms with van der Waals surface area (Å²) in [5.74, 6) is -1.07. The molecule has 8 heteroatoms. The van der Waals surface area contributed by atoms with Gasteiger partial charge >= 0.3 is 5.97 Å². The fraction of sp³-hybridized carbons (Fsp3) is 0.500. The van der Waals surface area contributed by atoms with E-state index in [1.54, 1.807) is 29.0 Å². The van der Waals surface area contributed by atoms with Gasteiger partial charge in [0, 0.05) is 26.1 Å². The van der Waals surface area contributed by atoms with Gasteiger partial charge in [0.15, 0.2) is 0 Å². The largest absolute Gasteiger partial charge is 0.495 e. The predicted octanol–water partition coefficient (Wildman–Crippen LogP) is 0.750. The summed E-state index contributed by atoms with van der Waals surface area (Å²) in [4.78, 5) is 39.3. The van der Waals surface area contributed by atoms with Crippen LogP contribution in [-0.2, 0) is 19.1 Å². The molecule has 0 aromatic heterocycles. The van der Waals surface area contributed by atoms with Crippen molar-refractivity contribution >= 4 is 23.5 Å². The molecule has 2 atom stereocenters. The normalized spacial score (nSPS) is 23.2. The van der Waals surface area contributed by atoms with Gasteiger partial charge in [0.25, 0.3) is 0 Å². The molecule has 2 fully saturated rings. The number of ether oxygens (including phenoxy) is 2. The molecule has 3 rings (SSSR count). The molecular formula is C18H22N2O6. The number of benzene rings is 1. The van der Waals surface area contributed by atoms with Crippen molar-refractivity contribution in [2.75, 3.05) is 38.3 Å². The molecule has 2 saturated heterocycles. The number of hydrogen-bond acceptors (Lipinski definition) is 5. The summed E-state index contributed by atoms with van der Waals surface area (Å²) in [6.45, 7) is 1.25. The van der Waals surface area contributed by atoms with Crippen LogP contribution in [0.25, 0.3) is 0 Å². The molecule has 2 amide bonds. The molecule has 1 N–H and O–H groups in total. The Balaban J connectivity index is 1.68. The van der Waals surface area contributed by atoms with Crippen molar-refractivity contribution in [3.8, 4) is 5.75 Å². The van der Waals surface area contributed by atoms with Crippen LogP contribution in [0.1, 0.15) is 12.8 Å². The standard InChI is InChI=1S/C18H22N2O6/c1-25-15-5-3-2-4-14(15)20-10-12(8-16(20)21)18(24)19-6-7-26-13(11-19)9-17(22)23/h2-5,12-13H,6-11H2,1H3,(H,22,23). The number of rotatable bonds is 5. The topological polar surface area (TPSA) is 96.4 Å². The Hall–Kier alpha value is -2.61. The van der Waals surface area contributed by atoms with Crippen LogP contribution in [0.3, 0.4) is 0 Å². The van der Waals surface area contributed by atoms with E-state index >= 15 is 0 Å². The SMILES string of the molecule is COc1ccccc1N1CC(C(=O)N2CCOC(CC(=O)O)C2)CC1=O. The molecule has 26 heavy (non-hydrogen) atoms. The van der Waals surface area contributed by atoms with Gasteiger partial charge in [0.1, 0.15) is 5.75 Å². The van der Waals surface area contributed by atoms with Crippen LogP contribution in [0.15, 0.2) is 24.3 Å². The molecule has 2 aliphatic rings. The van der Waals surface area contributed by atoms with E-state index in [2.05, 4.69) is 0 Å². The van der Waals surface area contributed by atoms with E-state index in [1.807, 2.05) is 12.1 Å². The van der Waals surface area contributed by atoms with E-state index in [0.717, 1.165) is 0 Å². The summed E-state index contributed by atoms with van der Waals surface area (Å²) in [5, 5.41) is 8.90. The van der Waals surface area contributed by atoms with Crippen molar-refractivity contribution in [2.24, 2.45) is 5.92 Å². The minimum Gasteiger partial charge on any atom is -0.495 e. The molecule has 0 spiro atoms. The van der Waals surface area contributed by atoms with Gasteiger partial charge in [-0.25, -0.2) is 0 Å². The highest BCUT2D eigenvalue weighted by atomic mass is 16.5. The highest BCUT2D eigenvalue weighted by molar-refractivity contribution is 6.01. The molecule has 0 aliphatic carbocycles. The first-order valence-corrected chi connectivity index (χ1v) is 8.55. The number of amides is 2. The molecule has 2 aliphatic heterocycles. The Kier molecular flexibility index (Phi) is 5.41. The highest BCUT2D eigenvalue weighted by Crippen LogP contribution is 2.33. The van der Waals surface area contributed by atoms with Crippen molar-refractivity contribution < 1.29 is 29.0 Å². The molecule has 0 radical (unpaired) electrons. The maximum atomic E-state index is 12.8. The smallest absolute Gasteiger partial charge is 0.306 e. The average molecular weight is 362 g/mol. The maximum Gasteiger partial charge on any atom is 0.306 e. The number of carboxylic acid groups (broad SMARTS) is 1. The quantitative estimate of drug-likeness (QED) is 0.830. The summed E-state index contributed by atoms with van der Waals surface area (Å²) in [5.41, 5.74) is 0.654. The lowest BCUT2D eigenvalue weighted by molar-refractivity contribution is -0.149. The van der Waals surface area contributed by atoms with Crippen LogP contribution in [0.4, 0.5) is 5.69 Å². The first kappa shape index (κ1) is 18.2. The van der Waals surface area contributed by atoms with Crippen molar-refractivity contribution in [3.05, 3.63) is 24.3 Å². The number of carbonyl (C=O) groups excluding carboxylic acids is 2. The van der Waals surface area contributed by atoms with Crippen LogP contribution in [-0.4, -0.2) is 67.2 Å². The van der Waals surface area contributed by atoms with Gasteiger partial charge in [-0.2, -0.15) is 0 Å². The first-order chi connectivity index (χ1) is 12.5. The van der Waals surface area contributed by atoms with E-state index < -0.39 is 18.0 Å². The van der Waals surface area contributed by atoms with Crippen LogP contribution < -0.4 is 9.64 Å². The number of carbonyl (C=O) groups is 3. The van der Waals surface area contributed by atoms with Crippen molar-refractivity contribution in [3.63, 3.8) is 0 Å². The van der Waals surface area contributed by atoms with Gasteiger partial charge in [-0.15, -0.1) is 0 Å². The van der Waals surface area contributed by atoms with Gasteiger partial charge in [0.2, 0.25) is 11.8 Å². The van der Waals surface area contributed by atoms with Crippen LogP contribution in [0.5, 0.6) is 5.75 Å². The third-order valence-electron chi connectivity index (χ3n) is 4.70. The number of methoxy groups -OCH3 is 1. The molecule has 0 bridgehead atoms. The Morgan fingerprint density at radius 1 is 1.31 bits per heavy atom. The highest BCUT2D eigenvalue weighted by Gasteiger charge is 2.39. The zero-order chi connectivity index (χ0) is 18.7. The molecule has 1 aromatic rings. The summed E-state index contributed by atoms with van der Waals surface area (Å²) >= 11 is 0. The average Bonchev–Trinajstić information content (AvgIpc) is 3.02. The molecule has 0 saturated carbocycles. The molecule has 2 unspecified atom stereocenters. The fourth-order valence-corrected chi connectivity index (χ4v) is 3.45. The third kappa shape index (κ3) is 3.80. The number of morpholine rings is 1. The second-order valence-electron chi connectivity index (χ2n) is 6.45. The molecular weight excluding hydrogens is 340 g/mol. The zero-order valence-corrected chi connectivity index (χ0v) is 14.6. The third-order valence-corrected chi connectivity index (χ3v) is 4.70. The summed E-state index contributed by atoms with van der Waals surface area (Å²) in [6.07, 6.45) is -0.508. The van der Waals surface area contributed by atoms with E-state index in [-0.39, 0.29) is 31.2 Å². The fourth-order valence-electron chi connectivity index (χ4n) is 3.45. The second-order valence-corrected chi connectivity index (χ2v) is 6.45. The minimum atomic E-state index is -0.956. The van der Waals surface area contributed by atoms with Crippen LogP contribution in [0.2, 0.25) is 0 Å². The van der Waals surface area contributed by atoms with Gasteiger partial charge < -0.3 is 24.4 Å². The second kappa shape index (κ2) is 7.74. The number of hydrogen-bond donors (Lipinski definition) is 1. The predicted molar refractivity (Wildman–Crippen MR) is 92.0 cm³/mol. The van der Waals surface area contributed by atoms with E-state index in [9.17, 15) is 14.4 Å². The lowest BCUT2D eigenvalue weighted by atomic mass is 10.1. The Labute approximate surface area is 151 Å². The lowest BCUT2D eigenvalue weighted by Gasteiger charge is -2.33. The van der Waals surface area contributed by atoms with E-state index in [0.29, 0.717) is 31.1 Å². The van der Waals surface area contributed by atoms with Gasteiger partial charge in [-0.05, 0) is 12.1 Å². The van der Waals surface area contributed by atoms with Crippen LogP contribution in [0, 0.1) is 5.92 Å². The zero-order valence-electron chi connectivity index (χ0n) is 14.6. The van der Waals surface area contributed by atoms with Gasteiger partial charge in [-0.3, -0.25) is 14.4 Å². The van der Waals surface area contributed by atoms with Crippen molar-refractivity contribution in [1.82, 2.24) is 4.90 Å².